The first-order valence-corrected chi connectivity index (χ1v) is 11.7. The van der Waals surface area contributed by atoms with Gasteiger partial charge in [-0.05, 0) is 56.5 Å². The normalized spacial score (nSPS) is 26.1. The van der Waals surface area contributed by atoms with Gasteiger partial charge in [-0.25, -0.2) is 14.8 Å². The van der Waals surface area contributed by atoms with E-state index < -0.39 is 42.5 Å². The number of aryl methyl sites for hydroxylation is 1. The van der Waals surface area contributed by atoms with Gasteiger partial charge in [0.1, 0.15) is 30.3 Å². The van der Waals surface area contributed by atoms with Crippen LogP contribution in [-0.2, 0) is 20.6 Å². The minimum atomic E-state index is -1.21. The number of aliphatic hydroxyl groups is 1. The summed E-state index contributed by atoms with van der Waals surface area (Å²) in [7, 11) is 0. The molecule has 3 aromatic rings. The molecule has 2 fully saturated rings. The first kappa shape index (κ1) is 24.0. The molecule has 2 saturated heterocycles. The Morgan fingerprint density at radius 3 is 2.77 bits per heavy atom. The number of nitrogens with one attached hydrogen (secondary N) is 1. The number of rotatable bonds is 6. The Bertz CT molecular complexity index is 1260. The van der Waals surface area contributed by atoms with E-state index in [1.54, 1.807) is 18.2 Å². The molecule has 1 aromatic carbocycles. The maximum atomic E-state index is 11.9. The highest BCUT2D eigenvalue weighted by Crippen LogP contribution is 2.47. The number of nitrogens with zero attached hydrogens (tertiary/aromatic N) is 3. The fourth-order valence-electron chi connectivity index (χ4n) is 5.09. The number of halogens is 1. The zero-order valence-electron chi connectivity index (χ0n) is 19.5. The van der Waals surface area contributed by atoms with Crippen molar-refractivity contribution in [1.29, 1.82) is 0 Å². The van der Waals surface area contributed by atoms with E-state index in [4.69, 9.17) is 25.8 Å². The second-order valence-corrected chi connectivity index (χ2v) is 9.66. The van der Waals surface area contributed by atoms with Crippen molar-refractivity contribution in [3.63, 3.8) is 0 Å². The van der Waals surface area contributed by atoms with Crippen LogP contribution in [0.25, 0.3) is 11.0 Å². The van der Waals surface area contributed by atoms with Crippen molar-refractivity contribution in [2.45, 2.75) is 63.6 Å². The van der Waals surface area contributed by atoms with Crippen molar-refractivity contribution in [3.05, 3.63) is 58.6 Å². The molecule has 0 bridgehead atoms. The molecule has 2 aliphatic heterocycles. The Hall–Kier alpha value is -2.76. The fourth-order valence-corrected chi connectivity index (χ4v) is 5.28. The minimum Gasteiger partial charge on any atom is -0.465 e. The summed E-state index contributed by atoms with van der Waals surface area (Å²) in [6.07, 6.45) is 0.00211. The van der Waals surface area contributed by atoms with E-state index in [1.807, 2.05) is 37.6 Å². The lowest BCUT2D eigenvalue weighted by Crippen LogP contribution is -2.43. The Kier molecular flexibility index (Phi) is 6.18. The minimum absolute atomic E-state index is 0.117. The average molecular weight is 503 g/mol. The molecular weight excluding hydrogens is 476 g/mol. The molecular formula is C24H27ClN4O6. The van der Waals surface area contributed by atoms with Crippen molar-refractivity contribution in [2.75, 3.05) is 6.61 Å². The van der Waals surface area contributed by atoms with Crippen molar-refractivity contribution >= 4 is 28.7 Å². The highest BCUT2D eigenvalue weighted by molar-refractivity contribution is 6.30. The van der Waals surface area contributed by atoms with Gasteiger partial charge in [-0.15, -0.1) is 0 Å². The third-order valence-electron chi connectivity index (χ3n) is 6.48. The maximum absolute atomic E-state index is 11.9. The number of amides is 1. The van der Waals surface area contributed by atoms with Crippen molar-refractivity contribution in [2.24, 2.45) is 0 Å². The summed E-state index contributed by atoms with van der Waals surface area (Å²) in [6, 6.07) is 6.28. The molecule has 1 unspecified atom stereocenters. The molecule has 5 rings (SSSR count). The molecule has 0 saturated carbocycles. The molecule has 35 heavy (non-hydrogen) atoms. The van der Waals surface area contributed by atoms with Gasteiger partial charge < -0.3 is 34.3 Å². The van der Waals surface area contributed by atoms with Gasteiger partial charge in [0.25, 0.3) is 0 Å². The molecule has 0 radical (unpaired) electrons. The molecule has 0 spiro atoms. The maximum Gasteiger partial charge on any atom is 0.405 e. The summed E-state index contributed by atoms with van der Waals surface area (Å²) in [5.74, 6) is -0.898. The van der Waals surface area contributed by atoms with Crippen molar-refractivity contribution in [3.8, 4) is 0 Å². The number of ether oxygens (including phenoxy) is 3. The van der Waals surface area contributed by atoms with Gasteiger partial charge in [0.05, 0.1) is 11.7 Å². The van der Waals surface area contributed by atoms with Crippen LogP contribution < -0.4 is 5.32 Å². The van der Waals surface area contributed by atoms with E-state index in [2.05, 4.69) is 15.3 Å². The lowest BCUT2D eigenvalue weighted by molar-refractivity contribution is -0.199. The second kappa shape index (κ2) is 9.03. The smallest absolute Gasteiger partial charge is 0.405 e. The first-order chi connectivity index (χ1) is 16.7. The van der Waals surface area contributed by atoms with Gasteiger partial charge >= 0.3 is 6.09 Å². The predicted octanol–water partition coefficient (Wildman–Crippen LogP) is 3.35. The SMILES string of the molecule is Cc1ncnc2c1ccn2[C@@H]1O[C@H](C(NC(=O)O)c2ccc(Cl)cc2CCO)[C@H]2OC(C)(C)O[C@H]21. The number of aromatic nitrogens is 3. The Morgan fingerprint density at radius 2 is 2.03 bits per heavy atom. The van der Waals surface area contributed by atoms with Crippen LogP contribution in [0, 0.1) is 6.92 Å². The van der Waals surface area contributed by atoms with E-state index >= 15 is 0 Å². The lowest BCUT2D eigenvalue weighted by atomic mass is 9.92. The van der Waals surface area contributed by atoms with Gasteiger partial charge in [-0.1, -0.05) is 17.7 Å². The third-order valence-corrected chi connectivity index (χ3v) is 6.71. The standard InChI is InChI=1S/C24H27ClN4O6/c1-12-15-6-8-29(21(15)27-11-26-12)22-20-19(34-24(2,3)35-20)18(33-22)17(28-23(31)32)16-5-4-14(25)10-13(16)7-9-30/h4-6,8,10-11,17-20,22,28,30H,7,9H2,1-3H3,(H,31,32)/t17?,18-,19-,20-,22-/m1/s1. The topological polar surface area (TPSA) is 128 Å². The molecule has 2 aliphatic rings. The summed E-state index contributed by atoms with van der Waals surface area (Å²) in [5, 5.41) is 23.3. The van der Waals surface area contributed by atoms with Crippen LogP contribution in [0.2, 0.25) is 5.02 Å². The average Bonchev–Trinajstić information content (AvgIpc) is 3.44. The number of hydrogen-bond acceptors (Lipinski definition) is 7. The molecule has 0 aliphatic carbocycles. The van der Waals surface area contributed by atoms with Crippen molar-refractivity contribution < 1.29 is 29.2 Å². The summed E-state index contributed by atoms with van der Waals surface area (Å²) >= 11 is 6.20. The van der Waals surface area contributed by atoms with E-state index in [0.29, 0.717) is 22.7 Å². The van der Waals surface area contributed by atoms with E-state index in [1.165, 1.54) is 6.33 Å². The predicted molar refractivity (Wildman–Crippen MR) is 126 cm³/mol. The number of fused-ring (bicyclic) bond motifs is 2. The van der Waals surface area contributed by atoms with Crippen LogP contribution in [0.15, 0.2) is 36.8 Å². The van der Waals surface area contributed by atoms with Crippen LogP contribution in [0.4, 0.5) is 4.79 Å². The zero-order valence-corrected chi connectivity index (χ0v) is 20.3. The van der Waals surface area contributed by atoms with Gasteiger partial charge in [0, 0.05) is 23.2 Å². The second-order valence-electron chi connectivity index (χ2n) is 9.22. The summed E-state index contributed by atoms with van der Waals surface area (Å²) < 4.78 is 20.9. The summed E-state index contributed by atoms with van der Waals surface area (Å²) in [4.78, 5) is 20.6. The fraction of sp³-hybridized carbons (Fsp3) is 0.458. The van der Waals surface area contributed by atoms with E-state index in [0.717, 1.165) is 16.6 Å². The Balaban J connectivity index is 1.59. The van der Waals surface area contributed by atoms with Gasteiger partial charge in [0.15, 0.2) is 12.0 Å². The molecule has 5 atom stereocenters. The van der Waals surface area contributed by atoms with E-state index in [-0.39, 0.29) is 6.61 Å². The number of benzene rings is 1. The highest BCUT2D eigenvalue weighted by Gasteiger charge is 2.58. The Labute approximate surface area is 206 Å². The highest BCUT2D eigenvalue weighted by atomic mass is 35.5. The van der Waals surface area contributed by atoms with Crippen LogP contribution >= 0.6 is 11.6 Å². The zero-order chi connectivity index (χ0) is 24.9. The largest absolute Gasteiger partial charge is 0.465 e. The summed E-state index contributed by atoms with van der Waals surface area (Å²) in [6.45, 7) is 5.43. The molecule has 186 valence electrons. The summed E-state index contributed by atoms with van der Waals surface area (Å²) in [5.41, 5.74) is 2.89. The van der Waals surface area contributed by atoms with E-state index in [9.17, 15) is 15.0 Å². The monoisotopic (exact) mass is 502 g/mol. The van der Waals surface area contributed by atoms with Gasteiger partial charge in [-0.3, -0.25) is 0 Å². The number of carbonyl (C=O) groups is 1. The van der Waals surface area contributed by atoms with Crippen LogP contribution in [0.5, 0.6) is 0 Å². The molecule has 2 aromatic heterocycles. The number of aliphatic hydroxyl groups excluding tert-OH is 1. The van der Waals surface area contributed by atoms with Gasteiger partial charge in [0.2, 0.25) is 0 Å². The lowest BCUT2D eigenvalue weighted by Gasteiger charge is -2.30. The first-order valence-electron chi connectivity index (χ1n) is 11.4. The van der Waals surface area contributed by atoms with Crippen LogP contribution in [0.1, 0.15) is 42.9 Å². The molecule has 10 nitrogen and oxygen atoms in total. The quantitative estimate of drug-likeness (QED) is 0.468. The number of carboxylic acid groups (broad SMARTS) is 1. The van der Waals surface area contributed by atoms with Crippen LogP contribution in [-0.4, -0.2) is 61.5 Å². The number of hydrogen-bond donors (Lipinski definition) is 3. The van der Waals surface area contributed by atoms with Crippen molar-refractivity contribution in [1.82, 2.24) is 19.9 Å². The molecule has 4 heterocycles. The molecule has 1 amide bonds. The third kappa shape index (κ3) is 4.36. The molecule has 11 heteroatoms. The molecule has 3 N–H and O–H groups in total. The van der Waals surface area contributed by atoms with Gasteiger partial charge in [-0.2, -0.15) is 0 Å². The Morgan fingerprint density at radius 1 is 1.26 bits per heavy atom. The van der Waals surface area contributed by atoms with Crippen LogP contribution in [0.3, 0.4) is 0 Å².